The second-order valence-electron chi connectivity index (χ2n) is 4.49. The molecular weight excluding hydrogens is 280 g/mol. The molecule has 1 atom stereocenters. The van der Waals surface area contributed by atoms with Gasteiger partial charge in [-0.2, -0.15) is 0 Å². The zero-order chi connectivity index (χ0) is 15.7. The first kappa shape index (κ1) is 14.7. The molecule has 0 bridgehead atoms. The first-order valence-electron chi connectivity index (χ1n) is 5.98. The first-order chi connectivity index (χ1) is 9.88. The highest BCUT2D eigenvalue weighted by molar-refractivity contribution is 6.08. The lowest BCUT2D eigenvalue weighted by molar-refractivity contribution is -0.384. The molecule has 1 heterocycles. The minimum Gasteiger partial charge on any atom is -0.503 e. The van der Waals surface area contributed by atoms with Crippen molar-refractivity contribution >= 4 is 17.4 Å². The Hall–Kier alpha value is -2.74. The van der Waals surface area contributed by atoms with Crippen LogP contribution in [-0.4, -0.2) is 38.5 Å². The van der Waals surface area contributed by atoms with Gasteiger partial charge < -0.3 is 15.1 Å². The molecule has 8 nitrogen and oxygen atoms in total. The van der Waals surface area contributed by atoms with Crippen molar-refractivity contribution in [2.75, 3.05) is 6.73 Å². The second kappa shape index (κ2) is 5.33. The van der Waals surface area contributed by atoms with E-state index in [4.69, 9.17) is 0 Å². The zero-order valence-electron chi connectivity index (χ0n) is 11.0. The van der Waals surface area contributed by atoms with E-state index in [2.05, 4.69) is 0 Å². The van der Waals surface area contributed by atoms with Crippen LogP contribution in [0.2, 0.25) is 0 Å². The molecule has 110 valence electrons. The maximum atomic E-state index is 11.8. The summed E-state index contributed by atoms with van der Waals surface area (Å²) in [5, 5.41) is 29.9. The summed E-state index contributed by atoms with van der Waals surface area (Å²) in [4.78, 5) is 34.5. The molecule has 21 heavy (non-hydrogen) atoms. The van der Waals surface area contributed by atoms with Gasteiger partial charge >= 0.3 is 0 Å². The van der Waals surface area contributed by atoms with Crippen LogP contribution in [0.4, 0.5) is 5.69 Å². The Morgan fingerprint density at radius 1 is 1.48 bits per heavy atom. The van der Waals surface area contributed by atoms with Crippen molar-refractivity contribution in [2.45, 2.75) is 13.0 Å². The molecule has 1 aliphatic heterocycles. The SMILES string of the molecule is CC(=O)C1=C(O)C(=O)N(CO)[C@@H]1c1cccc([N+](=O)[O-])c1. The molecular formula is C13H12N2O6. The van der Waals surface area contributed by atoms with Crippen LogP contribution >= 0.6 is 0 Å². The fourth-order valence-corrected chi connectivity index (χ4v) is 2.31. The number of aliphatic hydroxyl groups is 2. The Morgan fingerprint density at radius 2 is 2.14 bits per heavy atom. The van der Waals surface area contributed by atoms with E-state index in [0.29, 0.717) is 0 Å². The van der Waals surface area contributed by atoms with E-state index in [1.807, 2.05) is 0 Å². The molecule has 1 amide bonds. The molecule has 1 aromatic carbocycles. The van der Waals surface area contributed by atoms with Crippen LogP contribution in [0.1, 0.15) is 18.5 Å². The Balaban J connectivity index is 2.58. The number of hydrogen-bond acceptors (Lipinski definition) is 6. The van der Waals surface area contributed by atoms with Crippen LogP contribution in [0.3, 0.4) is 0 Å². The van der Waals surface area contributed by atoms with Crippen LogP contribution < -0.4 is 0 Å². The number of ketones is 1. The van der Waals surface area contributed by atoms with Gasteiger partial charge in [0.2, 0.25) is 0 Å². The lowest BCUT2D eigenvalue weighted by Gasteiger charge is -2.24. The van der Waals surface area contributed by atoms with Crippen molar-refractivity contribution in [2.24, 2.45) is 0 Å². The summed E-state index contributed by atoms with van der Waals surface area (Å²) in [6, 6.07) is 4.30. The van der Waals surface area contributed by atoms with E-state index in [-0.39, 0.29) is 16.8 Å². The normalized spacial score (nSPS) is 18.3. The highest BCUT2D eigenvalue weighted by Gasteiger charge is 2.42. The smallest absolute Gasteiger partial charge is 0.291 e. The Kier molecular flexibility index (Phi) is 3.72. The number of hydrogen-bond donors (Lipinski definition) is 2. The highest BCUT2D eigenvalue weighted by Crippen LogP contribution is 2.37. The van der Waals surface area contributed by atoms with Gasteiger partial charge in [-0.25, -0.2) is 0 Å². The zero-order valence-corrected chi connectivity index (χ0v) is 11.0. The number of rotatable bonds is 4. The average Bonchev–Trinajstić information content (AvgIpc) is 2.71. The summed E-state index contributed by atoms with van der Waals surface area (Å²) >= 11 is 0. The minimum atomic E-state index is -1.04. The third-order valence-electron chi connectivity index (χ3n) is 3.23. The van der Waals surface area contributed by atoms with E-state index in [9.17, 15) is 29.9 Å². The van der Waals surface area contributed by atoms with E-state index in [1.54, 1.807) is 0 Å². The van der Waals surface area contributed by atoms with Crippen LogP contribution in [0.15, 0.2) is 35.6 Å². The number of carbonyl (C=O) groups is 2. The fourth-order valence-electron chi connectivity index (χ4n) is 2.31. The molecule has 0 saturated carbocycles. The molecule has 1 aliphatic rings. The highest BCUT2D eigenvalue weighted by atomic mass is 16.6. The Bertz CT molecular complexity index is 666. The van der Waals surface area contributed by atoms with Gasteiger partial charge in [0, 0.05) is 12.1 Å². The van der Waals surface area contributed by atoms with Crippen LogP contribution in [0, 0.1) is 10.1 Å². The second-order valence-corrected chi connectivity index (χ2v) is 4.49. The van der Waals surface area contributed by atoms with Gasteiger partial charge in [0.15, 0.2) is 11.5 Å². The number of Topliss-reactive ketones (excluding diaryl/α,β-unsaturated/α-hetero) is 1. The van der Waals surface area contributed by atoms with Gasteiger partial charge in [0.05, 0.1) is 16.5 Å². The third-order valence-corrected chi connectivity index (χ3v) is 3.23. The molecule has 2 rings (SSSR count). The maximum Gasteiger partial charge on any atom is 0.291 e. The number of non-ortho nitro benzene ring substituents is 1. The van der Waals surface area contributed by atoms with Gasteiger partial charge in [-0.15, -0.1) is 0 Å². The molecule has 0 saturated heterocycles. The molecule has 0 aliphatic carbocycles. The number of amides is 1. The molecule has 1 aromatic rings. The number of nitrogens with zero attached hydrogens (tertiary/aromatic N) is 2. The monoisotopic (exact) mass is 292 g/mol. The van der Waals surface area contributed by atoms with Crippen molar-refractivity contribution in [1.29, 1.82) is 0 Å². The van der Waals surface area contributed by atoms with Gasteiger partial charge in [-0.3, -0.25) is 19.7 Å². The quantitative estimate of drug-likeness (QED) is 0.626. The molecule has 0 fully saturated rings. The van der Waals surface area contributed by atoms with E-state index < -0.39 is 35.1 Å². The van der Waals surface area contributed by atoms with Crippen molar-refractivity contribution in [1.82, 2.24) is 4.90 Å². The number of aliphatic hydroxyl groups excluding tert-OH is 2. The summed E-state index contributed by atoms with van der Waals surface area (Å²) in [6.45, 7) is 0.442. The van der Waals surface area contributed by atoms with E-state index in [0.717, 1.165) is 4.90 Å². The van der Waals surface area contributed by atoms with E-state index in [1.165, 1.54) is 31.2 Å². The summed E-state index contributed by atoms with van der Waals surface area (Å²) in [5.74, 6) is -2.18. The maximum absolute atomic E-state index is 11.8. The van der Waals surface area contributed by atoms with Crippen molar-refractivity contribution in [3.63, 3.8) is 0 Å². The topological polar surface area (TPSA) is 121 Å². The molecule has 2 N–H and O–H groups in total. The van der Waals surface area contributed by atoms with Crippen LogP contribution in [-0.2, 0) is 9.59 Å². The van der Waals surface area contributed by atoms with Crippen molar-refractivity contribution < 1.29 is 24.7 Å². The largest absolute Gasteiger partial charge is 0.503 e. The van der Waals surface area contributed by atoms with Gasteiger partial charge in [-0.1, -0.05) is 12.1 Å². The lowest BCUT2D eigenvalue weighted by atomic mass is 9.96. The first-order valence-corrected chi connectivity index (χ1v) is 5.98. The summed E-state index contributed by atoms with van der Waals surface area (Å²) in [5.41, 5.74) is -0.137. The predicted octanol–water partition coefficient (Wildman–Crippen LogP) is 0.829. The molecule has 0 spiro atoms. The van der Waals surface area contributed by atoms with Crippen LogP contribution in [0.5, 0.6) is 0 Å². The average molecular weight is 292 g/mol. The number of benzene rings is 1. The summed E-state index contributed by atoms with van der Waals surface area (Å²) in [7, 11) is 0. The van der Waals surface area contributed by atoms with E-state index >= 15 is 0 Å². The minimum absolute atomic E-state index is 0.186. The summed E-state index contributed by atoms with van der Waals surface area (Å²) < 4.78 is 0. The summed E-state index contributed by atoms with van der Waals surface area (Å²) in [6.07, 6.45) is 0. The standard InChI is InChI=1S/C13H12N2O6/c1-7(17)10-11(14(6-16)13(19)12(10)18)8-3-2-4-9(5-8)15(20)21/h2-5,11,16,18H,6H2,1H3/t11-/m1/s1. The predicted molar refractivity (Wildman–Crippen MR) is 70.1 cm³/mol. The Morgan fingerprint density at radius 3 is 2.67 bits per heavy atom. The third kappa shape index (κ3) is 2.36. The van der Waals surface area contributed by atoms with Gasteiger partial charge in [-0.05, 0) is 12.5 Å². The lowest BCUT2D eigenvalue weighted by Crippen LogP contribution is -2.31. The molecule has 0 unspecified atom stereocenters. The fraction of sp³-hybridized carbons (Fsp3) is 0.231. The molecule has 0 aromatic heterocycles. The van der Waals surface area contributed by atoms with Gasteiger partial charge in [0.25, 0.3) is 11.6 Å². The Labute approximate surface area is 119 Å². The van der Waals surface area contributed by atoms with Crippen LogP contribution in [0.25, 0.3) is 0 Å². The number of carbonyl (C=O) groups excluding carboxylic acids is 2. The number of nitro benzene ring substituents is 1. The number of nitro groups is 1. The molecule has 8 heteroatoms. The van der Waals surface area contributed by atoms with Gasteiger partial charge in [0.1, 0.15) is 6.73 Å². The molecule has 0 radical (unpaired) electrons. The van der Waals surface area contributed by atoms with Crippen molar-refractivity contribution in [3.8, 4) is 0 Å². The van der Waals surface area contributed by atoms with Crippen molar-refractivity contribution in [3.05, 3.63) is 51.3 Å².